The second-order valence-corrected chi connectivity index (χ2v) is 22.5. The molecule has 0 aromatic heterocycles. The molecule has 280 valence electrons. The smallest absolute Gasteiger partial charge is 0.367 e. The van der Waals surface area contributed by atoms with Crippen LogP contribution in [0.2, 0.25) is 0 Å². The van der Waals surface area contributed by atoms with Crippen LogP contribution in [-0.2, 0) is 21.3 Å². The van der Waals surface area contributed by atoms with Crippen molar-refractivity contribution < 1.29 is 55.1 Å². The molecule has 0 atom stereocenters. The van der Waals surface area contributed by atoms with E-state index in [2.05, 4.69) is 72.5 Å². The fourth-order valence-electron chi connectivity index (χ4n) is 4.18. The lowest BCUT2D eigenvalue weighted by molar-refractivity contribution is -0.0101. The number of alkyl halides is 2. The Hall–Kier alpha value is 1.30. The molecule has 0 spiro atoms. The van der Waals surface area contributed by atoms with Crippen LogP contribution in [0.25, 0.3) is 0 Å². The van der Waals surface area contributed by atoms with Gasteiger partial charge in [-0.05, 0) is 257 Å². The molecule has 4 aromatic carbocycles. The van der Waals surface area contributed by atoms with Crippen molar-refractivity contribution >= 4 is 237 Å². The summed E-state index contributed by atoms with van der Waals surface area (Å²) in [7, 11) is -6.26. The van der Waals surface area contributed by atoms with Crippen molar-refractivity contribution in [2.24, 2.45) is 0 Å². The van der Waals surface area contributed by atoms with E-state index in [9.17, 15) is 40.9 Å². The van der Waals surface area contributed by atoms with Gasteiger partial charge >= 0.3 is 23.2 Å². The maximum atomic E-state index is 14.1. The van der Waals surface area contributed by atoms with Crippen LogP contribution in [0.5, 0.6) is 11.5 Å². The van der Waals surface area contributed by atoms with E-state index in [1.165, 1.54) is 0 Å². The summed E-state index contributed by atoms with van der Waals surface area (Å²) < 4.78 is 83.6. The van der Waals surface area contributed by atoms with E-state index >= 15 is 0 Å². The van der Waals surface area contributed by atoms with Crippen molar-refractivity contribution in [2.45, 2.75) is 11.7 Å². The molecule has 0 aliphatic heterocycles. The van der Waals surface area contributed by atoms with Gasteiger partial charge in [0.05, 0.1) is 31.0 Å². The highest BCUT2D eigenvalue weighted by Crippen LogP contribution is 2.34. The fourth-order valence-corrected chi connectivity index (χ4v) is 16.0. The van der Waals surface area contributed by atoms with E-state index in [4.69, 9.17) is 9.47 Å². The van der Waals surface area contributed by atoms with Crippen LogP contribution in [0.15, 0.2) is 48.5 Å². The van der Waals surface area contributed by atoms with Crippen LogP contribution in [0.1, 0.15) is 47.0 Å². The van der Waals surface area contributed by atoms with E-state index in [1.807, 2.05) is 148 Å². The number of carbonyl (C=O) groups is 4. The molecule has 4 rings (SSSR count). The highest BCUT2D eigenvalue weighted by Gasteiger charge is 2.40. The summed E-state index contributed by atoms with van der Waals surface area (Å²) in [6, 6.07) is 12.2. The van der Waals surface area contributed by atoms with Gasteiger partial charge in [0.25, 0.3) is 0 Å². The summed E-state index contributed by atoms with van der Waals surface area (Å²) in [5.74, 6) is -4.59. The number of esters is 3. The van der Waals surface area contributed by atoms with Crippen molar-refractivity contribution in [2.75, 3.05) is 6.61 Å². The van der Waals surface area contributed by atoms with E-state index < -0.39 is 67.9 Å². The maximum Gasteiger partial charge on any atom is 0.367 e. The van der Waals surface area contributed by atoms with Gasteiger partial charge in [-0.2, -0.15) is 8.78 Å². The summed E-state index contributed by atoms with van der Waals surface area (Å²) >= 11 is 18.1. The van der Waals surface area contributed by atoms with Gasteiger partial charge in [0.15, 0.2) is 34.0 Å². The standard InChI is InChI=1S/C31H13F2I9O10S/c32-31(33,53(47,48)49)10-50-28(44)16-7-14(25(43)9-18-19(37)1-11(34)2-20(18)38)15(29(45)51-26-21(39)3-12(35)4-22(26)40)8-17(16)30(46)52-27-23(41)5-13(36)6-24(27)42/h1-8H,9-10H2,(H,47,48,49)/p-1. The summed E-state index contributed by atoms with van der Waals surface area (Å²) in [4.78, 5) is 55.5. The van der Waals surface area contributed by atoms with Crippen LogP contribution in [-0.4, -0.2) is 48.5 Å². The first-order chi connectivity index (χ1) is 24.5. The molecule has 0 aliphatic carbocycles. The molecule has 0 heterocycles. The molecule has 0 aliphatic rings. The number of ether oxygens (including phenoxy) is 3. The van der Waals surface area contributed by atoms with Crippen molar-refractivity contribution in [3.63, 3.8) is 0 Å². The first-order valence-corrected chi connectivity index (χ1v) is 24.7. The number of benzene rings is 4. The minimum Gasteiger partial charge on any atom is -0.743 e. The maximum absolute atomic E-state index is 14.1. The molecular weight excluding hydrogens is 1740 g/mol. The lowest BCUT2D eigenvalue weighted by atomic mass is 9.93. The molecular formula is C31H12F2I9O10S-. The number of hydrogen-bond donors (Lipinski definition) is 0. The van der Waals surface area contributed by atoms with Crippen LogP contribution in [0.3, 0.4) is 0 Å². The lowest BCUT2D eigenvalue weighted by Gasteiger charge is -2.20. The summed E-state index contributed by atoms with van der Waals surface area (Å²) in [5.41, 5.74) is -1.87. The molecule has 0 radical (unpaired) electrons. The van der Waals surface area contributed by atoms with Crippen molar-refractivity contribution in [1.82, 2.24) is 0 Å². The van der Waals surface area contributed by atoms with Gasteiger partial charge in [0, 0.05) is 29.8 Å². The predicted octanol–water partition coefficient (Wildman–Crippen LogP) is 10.3. The zero-order valence-electron chi connectivity index (χ0n) is 25.2. The predicted molar refractivity (Wildman–Crippen MR) is 263 cm³/mol. The van der Waals surface area contributed by atoms with Crippen LogP contribution < -0.4 is 9.47 Å². The van der Waals surface area contributed by atoms with Crippen LogP contribution >= 0.6 is 203 Å². The normalized spacial score (nSPS) is 11.6. The number of halogens is 11. The Morgan fingerprint density at radius 3 is 1.30 bits per heavy atom. The Morgan fingerprint density at radius 1 is 0.566 bits per heavy atom. The molecule has 53 heavy (non-hydrogen) atoms. The largest absolute Gasteiger partial charge is 0.743 e. The summed E-state index contributed by atoms with van der Waals surface area (Å²) in [6.45, 7) is -2.20. The van der Waals surface area contributed by atoms with E-state index in [-0.39, 0.29) is 17.9 Å². The second-order valence-electron chi connectivity index (χ2n) is 10.2. The average Bonchev–Trinajstić information content (AvgIpc) is 3.03. The molecule has 4 aromatic rings. The van der Waals surface area contributed by atoms with Crippen LogP contribution in [0, 0.1) is 32.1 Å². The number of rotatable bonds is 11. The Kier molecular flexibility index (Phi) is 17.4. The number of Topliss-reactive ketones (excluding diaryl/α,β-unsaturated/α-hetero) is 1. The quantitative estimate of drug-likeness (QED) is 0.0466. The van der Waals surface area contributed by atoms with Gasteiger partial charge in [-0.25, -0.2) is 22.8 Å². The van der Waals surface area contributed by atoms with E-state index in [0.717, 1.165) is 22.8 Å². The number of ketones is 1. The van der Waals surface area contributed by atoms with Crippen molar-refractivity contribution in [1.29, 1.82) is 0 Å². The Labute approximate surface area is 422 Å². The molecule has 0 fully saturated rings. The Morgan fingerprint density at radius 2 is 0.906 bits per heavy atom. The van der Waals surface area contributed by atoms with Gasteiger partial charge in [0.1, 0.15) is 0 Å². The zero-order chi connectivity index (χ0) is 39.7. The van der Waals surface area contributed by atoms with Gasteiger partial charge in [-0.15, -0.1) is 0 Å². The van der Waals surface area contributed by atoms with Crippen molar-refractivity contribution in [3.8, 4) is 11.5 Å². The topological polar surface area (TPSA) is 153 Å². The molecule has 0 saturated heterocycles. The van der Waals surface area contributed by atoms with E-state index in [0.29, 0.717) is 27.0 Å². The Bertz CT molecular complexity index is 2250. The molecule has 0 N–H and O–H groups in total. The average molecular weight is 1760 g/mol. The molecule has 0 unspecified atom stereocenters. The lowest BCUT2D eigenvalue weighted by Crippen LogP contribution is -2.35. The van der Waals surface area contributed by atoms with Crippen molar-refractivity contribution in [3.05, 3.63) is 108 Å². The first-order valence-electron chi connectivity index (χ1n) is 13.6. The van der Waals surface area contributed by atoms with E-state index in [1.54, 1.807) is 24.3 Å². The second kappa shape index (κ2) is 19.6. The Balaban J connectivity index is 1.95. The first kappa shape index (κ1) is 47.0. The van der Waals surface area contributed by atoms with Gasteiger partial charge in [0.2, 0.25) is 0 Å². The molecule has 10 nitrogen and oxygen atoms in total. The van der Waals surface area contributed by atoms with Gasteiger partial charge in [-0.1, -0.05) is 0 Å². The highest BCUT2D eigenvalue weighted by atomic mass is 127. The number of carbonyl (C=O) groups excluding carboxylic acids is 4. The zero-order valence-corrected chi connectivity index (χ0v) is 45.4. The van der Waals surface area contributed by atoms with Gasteiger partial charge < -0.3 is 18.8 Å². The third-order valence-corrected chi connectivity index (χ3v) is 14.5. The minimum absolute atomic E-state index is 0.0649. The SMILES string of the molecule is O=C(Cc1c(I)cc(I)cc1I)c1cc(C(=O)OCC(F)(F)S(=O)(=O)[O-])c(C(=O)Oc2c(I)cc(I)cc2I)cc1C(=O)Oc1c(I)cc(I)cc1I. The van der Waals surface area contributed by atoms with Gasteiger partial charge in [-0.3, -0.25) is 4.79 Å². The van der Waals surface area contributed by atoms with Crippen LogP contribution in [0.4, 0.5) is 8.78 Å². The molecule has 22 heteroatoms. The third kappa shape index (κ3) is 12.0. The fraction of sp³-hybridized carbons (Fsp3) is 0.0968. The third-order valence-electron chi connectivity index (χ3n) is 6.61. The minimum atomic E-state index is -6.26. The summed E-state index contributed by atoms with van der Waals surface area (Å²) in [5, 5.41) is -5.03. The molecule has 0 amide bonds. The molecule has 0 bridgehead atoms. The summed E-state index contributed by atoms with van der Waals surface area (Å²) in [6.07, 6.45) is -0.309. The monoisotopic (exact) mass is 1760 g/mol. The highest BCUT2D eigenvalue weighted by molar-refractivity contribution is 14.1. The molecule has 0 saturated carbocycles. The number of hydrogen-bond acceptors (Lipinski definition) is 10.